The van der Waals surface area contributed by atoms with Gasteiger partial charge in [0.1, 0.15) is 0 Å². The number of hydrogen-bond acceptors (Lipinski definition) is 4. The normalized spacial score (nSPS) is 24.9. The topological polar surface area (TPSA) is 30.5 Å². The second-order valence-corrected chi connectivity index (χ2v) is 5.89. The molecule has 1 fully saturated rings. The number of hydrogen-bond donors (Lipinski definition) is 2. The zero-order chi connectivity index (χ0) is 14.4. The Kier molecular flexibility index (Phi) is 5.80. The summed E-state index contributed by atoms with van der Waals surface area (Å²) < 4.78 is 0. The highest BCUT2D eigenvalue weighted by molar-refractivity contribution is 6.31. The molecule has 0 saturated carbocycles. The minimum atomic E-state index is 0.472. The molecule has 2 heterocycles. The molecular formula is C15H25ClN4. The quantitative estimate of drug-likeness (QED) is 0.780. The van der Waals surface area contributed by atoms with Gasteiger partial charge in [-0.25, -0.2) is 0 Å². The van der Waals surface area contributed by atoms with Gasteiger partial charge in [-0.05, 0) is 33.4 Å². The van der Waals surface area contributed by atoms with E-state index >= 15 is 0 Å². The Labute approximate surface area is 127 Å². The maximum absolute atomic E-state index is 6.36. The maximum Gasteiger partial charge on any atom is 0.0831 e. The molecule has 0 aromatic heterocycles. The van der Waals surface area contributed by atoms with Gasteiger partial charge in [-0.1, -0.05) is 30.2 Å². The summed E-state index contributed by atoms with van der Waals surface area (Å²) in [4.78, 5) is 2.39. The van der Waals surface area contributed by atoms with Gasteiger partial charge in [-0.15, -0.1) is 0 Å². The minimum Gasteiger partial charge on any atom is -0.379 e. The van der Waals surface area contributed by atoms with Crippen molar-refractivity contribution in [1.29, 1.82) is 0 Å². The fraction of sp³-hybridized carbons (Fsp3) is 0.600. The van der Waals surface area contributed by atoms with Gasteiger partial charge in [-0.3, -0.25) is 5.01 Å². The Hall–Kier alpha value is -1.13. The second-order valence-electron chi connectivity index (χ2n) is 5.48. The first-order chi connectivity index (χ1) is 9.69. The van der Waals surface area contributed by atoms with Crippen molar-refractivity contribution in [3.05, 3.63) is 35.3 Å². The van der Waals surface area contributed by atoms with Crippen molar-refractivity contribution in [2.75, 3.05) is 26.7 Å². The molecule has 1 unspecified atom stereocenters. The molecule has 0 radical (unpaired) electrons. The van der Waals surface area contributed by atoms with Crippen LogP contribution in [0.5, 0.6) is 0 Å². The van der Waals surface area contributed by atoms with Crippen LogP contribution in [0, 0.1) is 0 Å². The molecule has 2 N–H and O–H groups in total. The molecule has 0 aromatic rings. The molecule has 112 valence electrons. The highest BCUT2D eigenvalue weighted by atomic mass is 35.5. The third-order valence-electron chi connectivity index (χ3n) is 3.67. The third kappa shape index (κ3) is 4.46. The van der Waals surface area contributed by atoms with Crippen molar-refractivity contribution in [2.45, 2.75) is 32.2 Å². The second kappa shape index (κ2) is 7.60. The zero-order valence-electron chi connectivity index (χ0n) is 12.4. The molecule has 20 heavy (non-hydrogen) atoms. The lowest BCUT2D eigenvalue weighted by atomic mass is 10.1. The number of likely N-dealkylation sites (tertiary alicyclic amines) is 1. The Morgan fingerprint density at radius 2 is 2.35 bits per heavy atom. The number of halogens is 1. The van der Waals surface area contributed by atoms with Crippen LogP contribution >= 0.6 is 11.6 Å². The Bertz CT molecular complexity index is 403. The van der Waals surface area contributed by atoms with Gasteiger partial charge in [0.15, 0.2) is 0 Å². The summed E-state index contributed by atoms with van der Waals surface area (Å²) in [6.07, 6.45) is 11.8. The van der Waals surface area contributed by atoms with Crippen molar-refractivity contribution >= 4 is 11.6 Å². The molecule has 0 aliphatic carbocycles. The van der Waals surface area contributed by atoms with E-state index in [1.54, 1.807) is 0 Å². The molecule has 5 heteroatoms. The summed E-state index contributed by atoms with van der Waals surface area (Å²) in [6, 6.07) is 0.472. The Balaban J connectivity index is 1.90. The molecule has 0 bridgehead atoms. The van der Waals surface area contributed by atoms with E-state index in [1.807, 2.05) is 30.4 Å². The van der Waals surface area contributed by atoms with Crippen molar-refractivity contribution < 1.29 is 0 Å². The number of likely N-dealkylation sites (N-methyl/N-ethyl adjacent to an activating group) is 1. The van der Waals surface area contributed by atoms with Gasteiger partial charge in [0, 0.05) is 25.0 Å². The van der Waals surface area contributed by atoms with Crippen LogP contribution in [-0.2, 0) is 0 Å². The molecule has 1 saturated heterocycles. The van der Waals surface area contributed by atoms with Crippen LogP contribution in [0.4, 0.5) is 0 Å². The minimum absolute atomic E-state index is 0.472. The molecular weight excluding hydrogens is 272 g/mol. The lowest BCUT2D eigenvalue weighted by molar-refractivity contribution is 0.313. The lowest BCUT2D eigenvalue weighted by Crippen LogP contribution is -2.40. The summed E-state index contributed by atoms with van der Waals surface area (Å²) in [5.74, 6) is 0. The summed E-state index contributed by atoms with van der Waals surface area (Å²) in [5, 5.41) is 6.30. The molecule has 2 aliphatic rings. The average molecular weight is 297 g/mol. The number of hydrazine groups is 1. The van der Waals surface area contributed by atoms with E-state index in [2.05, 4.69) is 28.8 Å². The van der Waals surface area contributed by atoms with Crippen LogP contribution in [0.3, 0.4) is 0 Å². The van der Waals surface area contributed by atoms with Gasteiger partial charge in [-0.2, -0.15) is 0 Å². The molecule has 4 nitrogen and oxygen atoms in total. The van der Waals surface area contributed by atoms with Crippen LogP contribution in [-0.4, -0.2) is 42.6 Å². The van der Waals surface area contributed by atoms with Crippen LogP contribution in [0.2, 0.25) is 0 Å². The number of nitrogens with one attached hydrogen (secondary N) is 2. The molecule has 0 spiro atoms. The third-order valence-corrected chi connectivity index (χ3v) is 3.97. The van der Waals surface area contributed by atoms with Crippen LogP contribution in [0.25, 0.3) is 0 Å². The van der Waals surface area contributed by atoms with E-state index in [0.29, 0.717) is 6.04 Å². The Morgan fingerprint density at radius 3 is 3.10 bits per heavy atom. The summed E-state index contributed by atoms with van der Waals surface area (Å²) in [5.41, 5.74) is 4.22. The van der Waals surface area contributed by atoms with E-state index < -0.39 is 0 Å². The van der Waals surface area contributed by atoms with E-state index in [4.69, 9.17) is 11.6 Å². The van der Waals surface area contributed by atoms with E-state index in [1.165, 1.54) is 25.8 Å². The summed E-state index contributed by atoms with van der Waals surface area (Å²) in [6.45, 7) is 5.09. The van der Waals surface area contributed by atoms with Crippen LogP contribution in [0.1, 0.15) is 26.2 Å². The van der Waals surface area contributed by atoms with Crippen LogP contribution < -0.4 is 10.7 Å². The number of rotatable bonds is 4. The number of allylic oxidation sites excluding steroid dienone is 2. The number of nitrogens with zero attached hydrogens (tertiary/aromatic N) is 2. The van der Waals surface area contributed by atoms with Crippen molar-refractivity contribution in [3.8, 4) is 0 Å². The standard InChI is InChI=1S/C15H25ClN4/c1-3-4-9-20-12-14(16)15(10-17-20)18-13-7-5-6-8-19(2)11-13/h3-4,10,12-13,17-18H,5-9,11H2,1-2H3/b4-3+. The van der Waals surface area contributed by atoms with E-state index in [0.717, 1.165) is 23.8 Å². The smallest absolute Gasteiger partial charge is 0.0831 e. The van der Waals surface area contributed by atoms with Gasteiger partial charge < -0.3 is 15.6 Å². The highest BCUT2D eigenvalue weighted by Gasteiger charge is 2.18. The van der Waals surface area contributed by atoms with Crippen molar-refractivity contribution in [2.24, 2.45) is 0 Å². The summed E-state index contributed by atoms with van der Waals surface area (Å²) in [7, 11) is 2.18. The first kappa shape index (κ1) is 15.3. The fourth-order valence-corrected chi connectivity index (χ4v) is 2.79. The predicted molar refractivity (Wildman–Crippen MR) is 84.9 cm³/mol. The zero-order valence-corrected chi connectivity index (χ0v) is 13.2. The SMILES string of the molecule is C/C=C/CN1C=C(Cl)C(NC2CCCCN(C)C2)=CN1. The monoisotopic (exact) mass is 296 g/mol. The highest BCUT2D eigenvalue weighted by Crippen LogP contribution is 2.18. The average Bonchev–Trinajstić information content (AvgIpc) is 2.63. The van der Waals surface area contributed by atoms with Crippen molar-refractivity contribution in [1.82, 2.24) is 20.7 Å². The molecule has 0 aromatic carbocycles. The first-order valence-electron chi connectivity index (χ1n) is 7.36. The lowest BCUT2D eigenvalue weighted by Gasteiger charge is -2.28. The molecule has 2 rings (SSSR count). The van der Waals surface area contributed by atoms with E-state index in [-0.39, 0.29) is 0 Å². The fourth-order valence-electron chi connectivity index (χ4n) is 2.56. The molecule has 1 atom stereocenters. The van der Waals surface area contributed by atoms with Gasteiger partial charge >= 0.3 is 0 Å². The largest absolute Gasteiger partial charge is 0.379 e. The molecule has 2 aliphatic heterocycles. The van der Waals surface area contributed by atoms with Crippen molar-refractivity contribution in [3.63, 3.8) is 0 Å². The van der Waals surface area contributed by atoms with Gasteiger partial charge in [0.25, 0.3) is 0 Å². The van der Waals surface area contributed by atoms with Gasteiger partial charge in [0.05, 0.1) is 17.3 Å². The van der Waals surface area contributed by atoms with E-state index in [9.17, 15) is 0 Å². The van der Waals surface area contributed by atoms with Crippen LogP contribution in [0.15, 0.2) is 35.3 Å². The Morgan fingerprint density at radius 1 is 1.50 bits per heavy atom. The maximum atomic E-state index is 6.36. The first-order valence-corrected chi connectivity index (χ1v) is 7.73. The predicted octanol–water partition coefficient (Wildman–Crippen LogP) is 2.38. The molecule has 0 amide bonds. The van der Waals surface area contributed by atoms with Gasteiger partial charge in [0.2, 0.25) is 0 Å². The summed E-state index contributed by atoms with van der Waals surface area (Å²) >= 11 is 6.36.